The molecule has 0 fully saturated rings. The Hall–Kier alpha value is -3.85. The van der Waals surface area contributed by atoms with E-state index in [1.54, 1.807) is 42.5 Å². The van der Waals surface area contributed by atoms with Crippen LogP contribution in [-0.4, -0.2) is 17.8 Å². The van der Waals surface area contributed by atoms with E-state index in [1.165, 1.54) is 19.1 Å². The van der Waals surface area contributed by atoms with E-state index in [9.17, 15) is 19.5 Å². The number of carboxylic acid groups (broad SMARTS) is 1. The molecule has 6 nitrogen and oxygen atoms in total. The Bertz CT molecular complexity index is 1370. The van der Waals surface area contributed by atoms with Crippen molar-refractivity contribution in [2.24, 2.45) is 0 Å². The Balaban J connectivity index is 0.00000306. The molecule has 0 bridgehead atoms. The predicted molar refractivity (Wildman–Crippen MR) is 122 cm³/mol. The van der Waals surface area contributed by atoms with E-state index in [-0.39, 0.29) is 36.0 Å². The number of carboxylic acids is 1. The van der Waals surface area contributed by atoms with Crippen LogP contribution in [0.4, 0.5) is 11.4 Å². The van der Waals surface area contributed by atoms with E-state index in [1.807, 2.05) is 30.3 Å². The first-order valence-corrected chi connectivity index (χ1v) is 9.94. The molecule has 0 heterocycles. The van der Waals surface area contributed by atoms with Gasteiger partial charge in [-0.15, -0.1) is 0 Å². The van der Waals surface area contributed by atoms with Crippen molar-refractivity contribution in [1.29, 1.82) is 0 Å². The number of carbonyl (C=O) groups is 3. The molecule has 0 radical (unpaired) electrons. The summed E-state index contributed by atoms with van der Waals surface area (Å²) in [4.78, 5) is 35.9. The first-order valence-electron chi connectivity index (χ1n) is 9.94. The van der Waals surface area contributed by atoms with Gasteiger partial charge in [-0.2, -0.15) is 0 Å². The summed E-state index contributed by atoms with van der Waals surface area (Å²) >= 11 is 0. The Kier molecular flexibility index (Phi) is 7.34. The summed E-state index contributed by atoms with van der Waals surface area (Å²) in [5, 5.41) is 19.1. The van der Waals surface area contributed by atoms with Crippen LogP contribution < -0.4 is 34.6 Å². The summed E-state index contributed by atoms with van der Waals surface area (Å²) < 4.78 is 0. The van der Waals surface area contributed by atoms with Crippen molar-refractivity contribution >= 4 is 39.9 Å². The minimum Gasteiger partial charge on any atom is -0.545 e. The quantitative estimate of drug-likeness (QED) is 0.463. The van der Waals surface area contributed by atoms with Crippen LogP contribution in [0.15, 0.2) is 84.9 Å². The Morgan fingerprint density at radius 2 is 1.45 bits per heavy atom. The summed E-state index contributed by atoms with van der Waals surface area (Å²) in [6, 6.07) is 24.7. The largest absolute Gasteiger partial charge is 1.00 e. The molecule has 0 aliphatic carbocycles. The molecular weight excluding hydrogens is 411 g/mol. The molecule has 4 aromatic carbocycles. The van der Waals surface area contributed by atoms with Gasteiger partial charge in [0.05, 0.1) is 11.7 Å². The van der Waals surface area contributed by atoms with Gasteiger partial charge in [-0.25, -0.2) is 0 Å². The van der Waals surface area contributed by atoms with Crippen molar-refractivity contribution in [2.75, 3.05) is 10.6 Å². The van der Waals surface area contributed by atoms with Gasteiger partial charge in [-0.3, -0.25) is 9.59 Å². The summed E-state index contributed by atoms with van der Waals surface area (Å²) in [6.45, 7) is 1.41. The van der Waals surface area contributed by atoms with Gasteiger partial charge in [0.15, 0.2) is 0 Å². The van der Waals surface area contributed by atoms with Crippen molar-refractivity contribution in [2.45, 2.75) is 6.92 Å². The third kappa shape index (κ3) is 5.50. The molecule has 2 amide bonds. The van der Waals surface area contributed by atoms with E-state index >= 15 is 0 Å². The topological polar surface area (TPSA) is 98.3 Å². The fraction of sp³-hybridized carbons (Fsp3) is 0.0385. The second-order valence-corrected chi connectivity index (χ2v) is 7.33. The molecule has 2 N–H and O–H groups in total. The van der Waals surface area contributed by atoms with Gasteiger partial charge in [-0.1, -0.05) is 48.5 Å². The Labute approximate surface area is 202 Å². The van der Waals surface area contributed by atoms with Crippen molar-refractivity contribution in [3.63, 3.8) is 0 Å². The third-order valence-electron chi connectivity index (χ3n) is 5.02. The fourth-order valence-corrected chi connectivity index (χ4v) is 3.51. The second kappa shape index (κ2) is 10.2. The molecule has 7 heteroatoms. The van der Waals surface area contributed by atoms with Crippen LogP contribution in [0.1, 0.15) is 27.6 Å². The van der Waals surface area contributed by atoms with E-state index in [0.717, 1.165) is 10.8 Å². The number of fused-ring (bicyclic) bond motifs is 1. The average Bonchev–Trinajstić information content (AvgIpc) is 2.78. The zero-order chi connectivity index (χ0) is 22.7. The van der Waals surface area contributed by atoms with Crippen LogP contribution in [0.5, 0.6) is 0 Å². The van der Waals surface area contributed by atoms with E-state index < -0.39 is 11.9 Å². The minimum absolute atomic E-state index is 0. The average molecular weight is 430 g/mol. The fourth-order valence-electron chi connectivity index (χ4n) is 3.51. The van der Waals surface area contributed by atoms with Crippen LogP contribution in [0.25, 0.3) is 21.9 Å². The summed E-state index contributed by atoms with van der Waals surface area (Å²) in [5.74, 6) is -2.03. The van der Waals surface area contributed by atoms with Crippen molar-refractivity contribution < 1.29 is 38.4 Å². The maximum Gasteiger partial charge on any atom is 1.00 e. The number of hydrogen-bond acceptors (Lipinski definition) is 4. The number of anilines is 2. The zero-order valence-corrected chi connectivity index (χ0v) is 18.2. The normalized spacial score (nSPS) is 10.2. The Morgan fingerprint density at radius 1 is 0.727 bits per heavy atom. The number of aromatic carboxylic acids is 1. The van der Waals surface area contributed by atoms with Crippen molar-refractivity contribution in [3.05, 3.63) is 96.1 Å². The Morgan fingerprint density at radius 3 is 2.18 bits per heavy atom. The molecule has 0 saturated heterocycles. The monoisotopic (exact) mass is 430 g/mol. The standard InChI is InChI=1S/C26H20N2O4.Li/c1-16(29)27-22-8-4-7-19(14-22)20-11-12-24(23(15-20)26(31)32)28-25(30)21-10-9-17-5-2-3-6-18(17)13-21;/h2-15H,1H3,(H,27,29)(H,28,30)(H,31,32);/q;+1/p-1. The molecule has 4 rings (SSSR count). The van der Waals surface area contributed by atoms with Crippen LogP contribution in [0.3, 0.4) is 0 Å². The van der Waals surface area contributed by atoms with Gasteiger partial charge in [-0.05, 0) is 58.3 Å². The van der Waals surface area contributed by atoms with Crippen LogP contribution in [-0.2, 0) is 4.79 Å². The van der Waals surface area contributed by atoms with E-state index in [4.69, 9.17) is 0 Å². The van der Waals surface area contributed by atoms with E-state index in [2.05, 4.69) is 10.6 Å². The van der Waals surface area contributed by atoms with Crippen LogP contribution >= 0.6 is 0 Å². The zero-order valence-electron chi connectivity index (χ0n) is 18.2. The summed E-state index contributed by atoms with van der Waals surface area (Å²) in [6.07, 6.45) is 0. The molecular formula is C26H19LiN2O4. The van der Waals surface area contributed by atoms with Gasteiger partial charge in [0, 0.05) is 23.7 Å². The number of amides is 2. The molecule has 0 aliphatic heterocycles. The van der Waals surface area contributed by atoms with Crippen molar-refractivity contribution in [3.8, 4) is 11.1 Å². The van der Waals surface area contributed by atoms with Gasteiger partial charge in [0.2, 0.25) is 5.91 Å². The van der Waals surface area contributed by atoms with Crippen LogP contribution in [0, 0.1) is 0 Å². The predicted octanol–water partition coefficient (Wildman–Crippen LogP) is 1.08. The number of nitrogens with one attached hydrogen (secondary N) is 2. The summed E-state index contributed by atoms with van der Waals surface area (Å²) in [7, 11) is 0. The van der Waals surface area contributed by atoms with Gasteiger partial charge < -0.3 is 20.5 Å². The molecule has 33 heavy (non-hydrogen) atoms. The third-order valence-corrected chi connectivity index (χ3v) is 5.02. The first kappa shape index (κ1) is 23.8. The van der Waals surface area contributed by atoms with Crippen molar-refractivity contribution in [1.82, 2.24) is 0 Å². The molecule has 158 valence electrons. The maximum atomic E-state index is 12.8. The van der Waals surface area contributed by atoms with Crippen LogP contribution in [0.2, 0.25) is 0 Å². The molecule has 0 aliphatic rings. The molecule has 0 saturated carbocycles. The first-order chi connectivity index (χ1) is 15.4. The molecule has 0 aromatic heterocycles. The number of carbonyl (C=O) groups excluding carboxylic acids is 3. The maximum absolute atomic E-state index is 12.8. The number of hydrogen-bond donors (Lipinski definition) is 2. The molecule has 0 unspecified atom stereocenters. The number of rotatable bonds is 5. The smallest absolute Gasteiger partial charge is 0.545 e. The minimum atomic E-state index is -1.40. The molecule has 4 aromatic rings. The second-order valence-electron chi connectivity index (χ2n) is 7.33. The van der Waals surface area contributed by atoms with Gasteiger partial charge in [0.25, 0.3) is 5.91 Å². The van der Waals surface area contributed by atoms with Gasteiger partial charge in [0.1, 0.15) is 0 Å². The van der Waals surface area contributed by atoms with E-state index in [0.29, 0.717) is 22.4 Å². The summed E-state index contributed by atoms with van der Waals surface area (Å²) in [5.41, 5.74) is 2.34. The molecule has 0 atom stereocenters. The number of benzene rings is 4. The van der Waals surface area contributed by atoms with Gasteiger partial charge >= 0.3 is 18.9 Å². The molecule has 0 spiro atoms. The SMILES string of the molecule is CC(=O)Nc1cccc(-c2ccc(NC(=O)c3ccc4ccccc4c3)c(C(=O)[O-])c2)c1.[Li+].